The van der Waals surface area contributed by atoms with Crippen molar-refractivity contribution < 1.29 is 25.3 Å². The maximum atomic E-state index is 11.6. The van der Waals surface area contributed by atoms with Crippen LogP contribution in [0.5, 0.6) is 0 Å². The van der Waals surface area contributed by atoms with Crippen LogP contribution >= 0.6 is 11.6 Å². The number of nitrogens with one attached hydrogen (secondary N) is 1. The minimum atomic E-state index is -4.17. The molecule has 0 saturated carbocycles. The van der Waals surface area contributed by atoms with Gasteiger partial charge in [0.1, 0.15) is 0 Å². The molecular weight excluding hydrogens is 352 g/mol. The second-order valence-corrected chi connectivity index (χ2v) is 10.1. The Labute approximate surface area is 122 Å². The van der Waals surface area contributed by atoms with Gasteiger partial charge in [-0.2, -0.15) is 0 Å². The predicted molar refractivity (Wildman–Crippen MR) is 75.1 cm³/mol. The quantitative estimate of drug-likeness (QED) is 0.738. The maximum absolute atomic E-state index is 11.6. The highest BCUT2D eigenvalue weighted by atomic mass is 35.5. The van der Waals surface area contributed by atoms with E-state index in [-0.39, 0.29) is 15.6 Å². The number of benzene rings is 1. The Hall–Kier alpha value is -0.880. The third-order valence-corrected chi connectivity index (χ3v) is 6.61. The van der Waals surface area contributed by atoms with Crippen LogP contribution in [0.1, 0.15) is 0 Å². The number of primary sulfonamides is 1. The SMILES string of the molecule is CS(=O)(=O)CS(=O)(=O)Nc1ccc(S(N)(=O)=O)cc1Cl. The summed E-state index contributed by atoms with van der Waals surface area (Å²) in [6.45, 7) is 0. The van der Waals surface area contributed by atoms with E-state index in [0.717, 1.165) is 24.5 Å². The molecule has 0 aliphatic heterocycles. The van der Waals surface area contributed by atoms with Gasteiger partial charge < -0.3 is 0 Å². The average molecular weight is 363 g/mol. The van der Waals surface area contributed by atoms with Crippen LogP contribution in [0, 0.1) is 0 Å². The second-order valence-electron chi connectivity index (χ2n) is 3.95. The number of hydrogen-bond donors (Lipinski definition) is 2. The van der Waals surface area contributed by atoms with Crippen molar-refractivity contribution >= 4 is 47.2 Å². The van der Waals surface area contributed by atoms with Gasteiger partial charge in [-0.25, -0.2) is 30.4 Å². The number of rotatable bonds is 5. The van der Waals surface area contributed by atoms with Crippen molar-refractivity contribution in [1.82, 2.24) is 0 Å². The van der Waals surface area contributed by atoms with Crippen LogP contribution in [0.4, 0.5) is 5.69 Å². The van der Waals surface area contributed by atoms with Gasteiger partial charge in [-0.3, -0.25) is 4.72 Å². The Morgan fingerprint density at radius 2 is 1.70 bits per heavy atom. The highest BCUT2D eigenvalue weighted by molar-refractivity contribution is 8.08. The van der Waals surface area contributed by atoms with Crippen molar-refractivity contribution in [3.05, 3.63) is 23.2 Å². The van der Waals surface area contributed by atoms with E-state index in [1.54, 1.807) is 0 Å². The fraction of sp³-hybridized carbons (Fsp3) is 0.250. The van der Waals surface area contributed by atoms with Gasteiger partial charge >= 0.3 is 0 Å². The largest absolute Gasteiger partial charge is 0.281 e. The summed E-state index contributed by atoms with van der Waals surface area (Å²) < 4.78 is 69.1. The number of nitrogens with two attached hydrogens (primary N) is 1. The molecule has 0 radical (unpaired) electrons. The minimum absolute atomic E-state index is 0.150. The maximum Gasteiger partial charge on any atom is 0.247 e. The van der Waals surface area contributed by atoms with Gasteiger partial charge in [0.25, 0.3) is 0 Å². The van der Waals surface area contributed by atoms with Crippen LogP contribution < -0.4 is 9.86 Å². The fourth-order valence-corrected chi connectivity index (χ4v) is 5.13. The molecule has 0 aromatic heterocycles. The zero-order valence-electron chi connectivity index (χ0n) is 10.1. The first kappa shape index (κ1) is 17.2. The molecule has 0 spiro atoms. The Bertz CT molecular complexity index is 829. The van der Waals surface area contributed by atoms with Crippen molar-refractivity contribution in [2.24, 2.45) is 5.14 Å². The smallest absolute Gasteiger partial charge is 0.247 e. The van der Waals surface area contributed by atoms with E-state index in [9.17, 15) is 25.3 Å². The first-order chi connectivity index (χ1) is 8.80. The highest BCUT2D eigenvalue weighted by Crippen LogP contribution is 2.25. The number of halogens is 1. The van der Waals surface area contributed by atoms with Gasteiger partial charge in [-0.1, -0.05) is 11.6 Å². The van der Waals surface area contributed by atoms with Crippen molar-refractivity contribution in [2.45, 2.75) is 4.90 Å². The van der Waals surface area contributed by atoms with Gasteiger partial charge in [-0.15, -0.1) is 0 Å². The molecule has 0 bridgehead atoms. The predicted octanol–water partition coefficient (Wildman–Crippen LogP) is -0.269. The monoisotopic (exact) mass is 362 g/mol. The normalized spacial score (nSPS) is 13.2. The number of hydrogen-bond acceptors (Lipinski definition) is 6. The van der Waals surface area contributed by atoms with Gasteiger partial charge in [0.2, 0.25) is 20.0 Å². The molecule has 0 saturated heterocycles. The molecule has 3 N–H and O–H groups in total. The van der Waals surface area contributed by atoms with Gasteiger partial charge in [0.05, 0.1) is 15.6 Å². The third kappa shape index (κ3) is 5.25. The highest BCUT2D eigenvalue weighted by Gasteiger charge is 2.20. The van der Waals surface area contributed by atoms with Gasteiger partial charge in [0, 0.05) is 6.26 Å². The number of sulfone groups is 1. The molecule has 20 heavy (non-hydrogen) atoms. The number of sulfonamides is 2. The summed E-state index contributed by atoms with van der Waals surface area (Å²) in [5.41, 5.74) is -0.150. The summed E-state index contributed by atoms with van der Waals surface area (Å²) in [5, 5.41) is 3.54. The second kappa shape index (κ2) is 5.48. The minimum Gasteiger partial charge on any atom is -0.281 e. The van der Waals surface area contributed by atoms with Crippen LogP contribution in [-0.4, -0.2) is 36.6 Å². The molecule has 1 aromatic rings. The van der Waals surface area contributed by atoms with Crippen LogP contribution in [0.3, 0.4) is 0 Å². The molecular formula is C8H11ClN2O6S3. The zero-order chi connectivity index (χ0) is 15.8. The summed E-state index contributed by atoms with van der Waals surface area (Å²) in [6, 6.07) is 3.07. The van der Waals surface area contributed by atoms with E-state index < -0.39 is 35.0 Å². The molecule has 0 unspecified atom stereocenters. The molecule has 12 heteroatoms. The lowest BCUT2D eigenvalue weighted by molar-refractivity contribution is 0.593. The molecule has 0 aliphatic carbocycles. The molecule has 8 nitrogen and oxygen atoms in total. The number of anilines is 1. The molecule has 0 fully saturated rings. The van der Waals surface area contributed by atoms with Crippen LogP contribution in [0.2, 0.25) is 5.02 Å². The van der Waals surface area contributed by atoms with Crippen LogP contribution in [-0.2, 0) is 29.9 Å². The summed E-state index contributed by atoms with van der Waals surface area (Å²) >= 11 is 5.72. The lowest BCUT2D eigenvalue weighted by atomic mass is 10.3. The Balaban J connectivity index is 3.13. The topological polar surface area (TPSA) is 140 Å². The van der Waals surface area contributed by atoms with Crippen LogP contribution in [0.15, 0.2) is 23.1 Å². The summed E-state index contributed by atoms with van der Waals surface area (Å²) in [5.74, 6) is 0. The fourth-order valence-electron chi connectivity index (χ4n) is 1.23. The molecule has 0 aliphatic rings. The Morgan fingerprint density at radius 3 is 2.10 bits per heavy atom. The first-order valence-electron chi connectivity index (χ1n) is 4.81. The average Bonchev–Trinajstić information content (AvgIpc) is 2.15. The summed E-state index contributed by atoms with van der Waals surface area (Å²) in [4.78, 5) is -0.298. The Morgan fingerprint density at radius 1 is 1.15 bits per heavy atom. The van der Waals surface area contributed by atoms with E-state index in [0.29, 0.717) is 0 Å². The van der Waals surface area contributed by atoms with Gasteiger partial charge in [0.15, 0.2) is 14.9 Å². The molecule has 0 amide bonds. The first-order valence-corrected chi connectivity index (χ1v) is 10.4. The lowest BCUT2D eigenvalue weighted by Gasteiger charge is -2.09. The van der Waals surface area contributed by atoms with Crippen molar-refractivity contribution in [3.8, 4) is 0 Å². The molecule has 1 rings (SSSR count). The third-order valence-electron chi connectivity index (χ3n) is 1.90. The molecule has 0 atom stereocenters. The van der Waals surface area contributed by atoms with Crippen molar-refractivity contribution in [2.75, 3.05) is 16.1 Å². The van der Waals surface area contributed by atoms with Crippen molar-refractivity contribution in [1.29, 1.82) is 0 Å². The molecule has 1 aromatic carbocycles. The summed E-state index contributed by atoms with van der Waals surface area (Å²) in [7, 11) is -11.9. The van der Waals surface area contributed by atoms with Gasteiger partial charge in [-0.05, 0) is 18.2 Å². The van der Waals surface area contributed by atoms with Crippen molar-refractivity contribution in [3.63, 3.8) is 0 Å². The molecule has 114 valence electrons. The van der Waals surface area contributed by atoms with Crippen LogP contribution in [0.25, 0.3) is 0 Å². The Kier molecular flexibility index (Phi) is 4.71. The van der Waals surface area contributed by atoms with E-state index in [2.05, 4.69) is 0 Å². The zero-order valence-corrected chi connectivity index (χ0v) is 13.3. The standard InChI is InChI=1S/C8H11ClN2O6S3/c1-18(12,13)5-19(14,15)11-8-3-2-6(4-7(8)9)20(10,16)17/h2-4,11H,5H2,1H3,(H2,10,16,17). The van der Waals surface area contributed by atoms with E-state index >= 15 is 0 Å². The summed E-state index contributed by atoms with van der Waals surface area (Å²) in [6.07, 6.45) is 0.762. The molecule has 0 heterocycles. The van der Waals surface area contributed by atoms with E-state index in [1.165, 1.54) is 0 Å². The lowest BCUT2D eigenvalue weighted by Crippen LogP contribution is -2.22. The van der Waals surface area contributed by atoms with E-state index in [4.69, 9.17) is 16.7 Å². The van der Waals surface area contributed by atoms with E-state index in [1.807, 2.05) is 4.72 Å².